The lowest BCUT2D eigenvalue weighted by Crippen LogP contribution is -2.65. The summed E-state index contributed by atoms with van der Waals surface area (Å²) >= 11 is 0. The van der Waals surface area contributed by atoms with E-state index in [4.69, 9.17) is 23.4 Å². The number of aryl methyl sites for hydroxylation is 1. The van der Waals surface area contributed by atoms with E-state index in [1.807, 2.05) is 32.9 Å². The van der Waals surface area contributed by atoms with Crippen LogP contribution in [0.5, 0.6) is 17.2 Å². The number of aliphatic hydroxyl groups excluding tert-OH is 1. The summed E-state index contributed by atoms with van der Waals surface area (Å²) in [5.41, 5.74) is 0.885. The van der Waals surface area contributed by atoms with Crippen LogP contribution in [-0.2, 0) is 25.4 Å². The number of methoxy groups -OCH3 is 1. The van der Waals surface area contributed by atoms with Crippen molar-refractivity contribution in [2.75, 3.05) is 12.4 Å². The van der Waals surface area contributed by atoms with Gasteiger partial charge < -0.3 is 44.0 Å². The number of phenolic OH excluding ortho intramolecular Hbond substituents is 1. The number of fused-ring (bicyclic) bond motifs is 1. The Kier molecular flexibility index (Phi) is 10.0. The highest BCUT2D eigenvalue weighted by molar-refractivity contribution is 6.06. The molecule has 260 valence electrons. The Morgan fingerprint density at radius 3 is 2.49 bits per heavy atom. The van der Waals surface area contributed by atoms with E-state index in [0.717, 1.165) is 11.1 Å². The average Bonchev–Trinajstić information content (AvgIpc) is 3.48. The van der Waals surface area contributed by atoms with Crippen LogP contribution in [0.3, 0.4) is 0 Å². The van der Waals surface area contributed by atoms with Gasteiger partial charge in [-0.25, -0.2) is 9.59 Å². The van der Waals surface area contributed by atoms with E-state index in [-0.39, 0.29) is 28.0 Å². The van der Waals surface area contributed by atoms with E-state index in [0.29, 0.717) is 29.5 Å². The fourth-order valence-electron chi connectivity index (χ4n) is 5.93. The summed E-state index contributed by atoms with van der Waals surface area (Å²) in [6.45, 7) is 10.7. The molecule has 0 unspecified atom stereocenters. The minimum atomic E-state index is -1.48. The zero-order valence-corrected chi connectivity index (χ0v) is 28.5. The van der Waals surface area contributed by atoms with Crippen molar-refractivity contribution < 1.29 is 48.3 Å². The molecule has 2 heterocycles. The third-order valence-electron chi connectivity index (χ3n) is 8.62. The predicted octanol–water partition coefficient (Wildman–Crippen LogP) is 5.35. The highest BCUT2D eigenvalue weighted by Gasteiger charge is 2.53. The number of benzene rings is 2. The molecule has 0 saturated carbocycles. The first-order chi connectivity index (χ1) is 23.1. The lowest BCUT2D eigenvalue weighted by Gasteiger charge is -2.47. The van der Waals surface area contributed by atoms with Gasteiger partial charge >= 0.3 is 11.6 Å². The van der Waals surface area contributed by atoms with Crippen molar-refractivity contribution >= 4 is 28.5 Å². The highest BCUT2D eigenvalue weighted by atomic mass is 16.7. The van der Waals surface area contributed by atoms with Gasteiger partial charge in [-0.3, -0.25) is 4.79 Å². The molecule has 0 spiro atoms. The monoisotopic (exact) mass is 675 g/mol. The molecule has 0 radical (unpaired) electrons. The van der Waals surface area contributed by atoms with Gasteiger partial charge in [0.15, 0.2) is 23.6 Å². The maximum absolute atomic E-state index is 13.1. The number of esters is 1. The van der Waals surface area contributed by atoms with Crippen LogP contribution >= 0.6 is 0 Å². The van der Waals surface area contributed by atoms with E-state index in [1.54, 1.807) is 26.8 Å². The van der Waals surface area contributed by atoms with Crippen LogP contribution < -0.4 is 15.7 Å². The number of aliphatic hydroxyl groups is 1. The predicted molar refractivity (Wildman–Crippen MR) is 181 cm³/mol. The van der Waals surface area contributed by atoms with E-state index in [9.17, 15) is 29.7 Å². The number of carbonyl (C=O) groups is 2. The van der Waals surface area contributed by atoms with Crippen molar-refractivity contribution in [1.29, 1.82) is 0 Å². The first-order valence-electron chi connectivity index (χ1n) is 15.8. The minimum absolute atomic E-state index is 0.0229. The molecule has 1 amide bonds. The molecule has 4 N–H and O–H groups in total. The van der Waals surface area contributed by atoms with Crippen molar-refractivity contribution in [3.05, 3.63) is 92.4 Å². The molecule has 2 aromatic carbocycles. The Balaban J connectivity index is 1.39. The summed E-state index contributed by atoms with van der Waals surface area (Å²) in [6, 6.07) is 7.21. The van der Waals surface area contributed by atoms with Gasteiger partial charge in [0.1, 0.15) is 23.2 Å². The Bertz CT molecular complexity index is 1950. The smallest absolute Gasteiger partial charge is 0.364 e. The number of allylic oxidation sites excluding steroid dienone is 5. The molecule has 1 aliphatic carbocycles. The molecule has 3 aromatic rings. The average molecular weight is 676 g/mol. The lowest BCUT2D eigenvalue weighted by molar-refractivity contribution is -0.307. The molecular formula is C37H41NO11. The highest BCUT2D eigenvalue weighted by Crippen LogP contribution is 2.39. The number of ether oxygens (including phenoxy) is 4. The molecule has 0 bridgehead atoms. The summed E-state index contributed by atoms with van der Waals surface area (Å²) < 4.78 is 29.1. The fourth-order valence-corrected chi connectivity index (χ4v) is 5.93. The normalized spacial score (nSPS) is 21.5. The van der Waals surface area contributed by atoms with Crippen LogP contribution in [0.25, 0.3) is 11.0 Å². The topological polar surface area (TPSA) is 174 Å². The molecule has 2 aliphatic rings. The zero-order valence-electron chi connectivity index (χ0n) is 28.5. The molecule has 1 fully saturated rings. The fraction of sp³-hybridized carbons (Fsp3) is 0.378. The van der Waals surface area contributed by atoms with E-state index >= 15 is 0 Å². The Hall–Kier alpha value is -4.91. The van der Waals surface area contributed by atoms with E-state index in [2.05, 4.69) is 5.32 Å². The molecule has 1 saturated heterocycles. The van der Waals surface area contributed by atoms with Gasteiger partial charge in [-0.1, -0.05) is 29.4 Å². The third kappa shape index (κ3) is 7.26. The summed E-state index contributed by atoms with van der Waals surface area (Å²) in [6.07, 6.45) is 1.44. The van der Waals surface area contributed by atoms with Crippen molar-refractivity contribution in [3.8, 4) is 17.2 Å². The van der Waals surface area contributed by atoms with Crippen LogP contribution in [0.1, 0.15) is 62.5 Å². The van der Waals surface area contributed by atoms with E-state index < -0.39 is 59.1 Å². The Labute approximate surface area is 283 Å². The SMILES string of the molecule is CO[C@@H]1[C@@H](OC(=O)C2=CC=C(C)C2)[C@@H](O)[C@H](Oc2ccc3c(O)c(NC(=O)c4ccc(O)c(CC=C(C)C)c4)c(=O)oc3c2C)OC1(C)C. The number of hydrogen-bond donors (Lipinski definition) is 4. The van der Waals surface area contributed by atoms with Gasteiger partial charge in [0, 0.05) is 30.2 Å². The molecule has 1 aliphatic heterocycles. The second-order valence-electron chi connectivity index (χ2n) is 13.1. The number of anilines is 1. The van der Waals surface area contributed by atoms with Crippen LogP contribution in [0.4, 0.5) is 5.69 Å². The van der Waals surface area contributed by atoms with Crippen LogP contribution in [0.2, 0.25) is 0 Å². The lowest BCUT2D eigenvalue weighted by atomic mass is 9.89. The van der Waals surface area contributed by atoms with Crippen molar-refractivity contribution in [3.63, 3.8) is 0 Å². The number of phenols is 1. The third-order valence-corrected chi connectivity index (χ3v) is 8.62. The van der Waals surface area contributed by atoms with Crippen LogP contribution in [0, 0.1) is 6.92 Å². The van der Waals surface area contributed by atoms with Gasteiger partial charge in [-0.15, -0.1) is 0 Å². The quantitative estimate of drug-likeness (QED) is 0.131. The van der Waals surface area contributed by atoms with Crippen molar-refractivity contribution in [1.82, 2.24) is 0 Å². The second-order valence-corrected chi connectivity index (χ2v) is 13.1. The number of rotatable bonds is 9. The molecule has 5 rings (SSSR count). The Morgan fingerprint density at radius 1 is 1.10 bits per heavy atom. The van der Waals surface area contributed by atoms with Crippen molar-refractivity contribution in [2.45, 2.75) is 84.6 Å². The summed E-state index contributed by atoms with van der Waals surface area (Å²) in [7, 11) is 1.43. The molecule has 49 heavy (non-hydrogen) atoms. The zero-order chi connectivity index (χ0) is 35.8. The summed E-state index contributed by atoms with van der Waals surface area (Å²) in [5.74, 6) is -1.63. The molecule has 4 atom stereocenters. The molecule has 12 nitrogen and oxygen atoms in total. The number of carbonyl (C=O) groups excluding carboxylic acids is 2. The van der Waals surface area contributed by atoms with Gasteiger partial charge in [0.25, 0.3) is 5.91 Å². The van der Waals surface area contributed by atoms with Crippen LogP contribution in [0.15, 0.2) is 74.5 Å². The number of nitrogens with one attached hydrogen (secondary N) is 1. The first kappa shape index (κ1) is 35.4. The molecule has 1 aromatic heterocycles. The molecular weight excluding hydrogens is 634 g/mol. The summed E-state index contributed by atoms with van der Waals surface area (Å²) in [4.78, 5) is 39.2. The first-order valence-corrected chi connectivity index (χ1v) is 15.8. The standard InChI is InChI=1S/C37H41NO11/c1-18(2)8-10-21-17-22(12-14-25(21)39)33(42)38-27-28(40)24-13-15-26(20(4)30(24)47-35(27)44)46-36-29(41)31(32(45-7)37(5,6)49-36)48-34(43)23-11-9-19(3)16-23/h8-9,11-15,17,29,31-32,36,39-41H,10,16H2,1-7H3,(H,38,42)/t29-,31+,32-,36-/m1/s1. The van der Waals surface area contributed by atoms with Crippen molar-refractivity contribution in [2.24, 2.45) is 0 Å². The van der Waals surface area contributed by atoms with Gasteiger partial charge in [0.2, 0.25) is 6.29 Å². The van der Waals surface area contributed by atoms with Gasteiger partial charge in [0.05, 0.1) is 11.0 Å². The maximum atomic E-state index is 13.1. The number of hydrogen-bond acceptors (Lipinski definition) is 11. The number of aromatic hydroxyl groups is 2. The second kappa shape index (κ2) is 13.9. The van der Waals surface area contributed by atoms with Gasteiger partial charge in [-0.05, 0) is 83.9 Å². The largest absolute Gasteiger partial charge is 0.508 e. The Morgan fingerprint density at radius 2 is 1.84 bits per heavy atom. The minimum Gasteiger partial charge on any atom is -0.508 e. The molecule has 12 heteroatoms. The van der Waals surface area contributed by atoms with Crippen LogP contribution in [-0.4, -0.2) is 64.5 Å². The number of amides is 1. The van der Waals surface area contributed by atoms with Gasteiger partial charge in [-0.2, -0.15) is 0 Å². The summed E-state index contributed by atoms with van der Waals surface area (Å²) in [5, 5.41) is 35.2. The maximum Gasteiger partial charge on any atom is 0.364 e. The van der Waals surface area contributed by atoms with E-state index in [1.165, 1.54) is 37.4 Å².